The van der Waals surface area contributed by atoms with Crippen molar-refractivity contribution in [2.75, 3.05) is 0 Å². The number of hydrogen-bond donors (Lipinski definition) is 1. The van der Waals surface area contributed by atoms with E-state index in [0.29, 0.717) is 0 Å². The zero-order valence-corrected chi connectivity index (χ0v) is 11.7. The predicted molar refractivity (Wildman–Crippen MR) is 65.7 cm³/mol. The van der Waals surface area contributed by atoms with Gasteiger partial charge in [-0.25, -0.2) is 9.59 Å². The molecule has 7 nitrogen and oxygen atoms in total. The summed E-state index contributed by atoms with van der Waals surface area (Å²) in [6.07, 6.45) is -1.11. The molecule has 1 aliphatic heterocycles. The van der Waals surface area contributed by atoms with Crippen molar-refractivity contribution in [2.24, 2.45) is 0 Å². The standard InChI is InChI=1S/C13H16O7/c1-6(2)19-12(18)13(5-7(3)14)9(8(4)15)10(16)11(17)20-13/h6,16H,5H2,1-4H3. The molecule has 0 saturated heterocycles. The van der Waals surface area contributed by atoms with Crippen LogP contribution in [-0.4, -0.2) is 40.3 Å². The molecule has 0 aliphatic carbocycles. The normalized spacial score (nSPS) is 21.9. The van der Waals surface area contributed by atoms with Crippen molar-refractivity contribution in [3.63, 3.8) is 0 Å². The molecule has 0 aromatic heterocycles. The Morgan fingerprint density at radius 1 is 1.30 bits per heavy atom. The highest BCUT2D eigenvalue weighted by molar-refractivity contribution is 6.13. The smallest absolute Gasteiger partial charge is 0.375 e. The molecule has 110 valence electrons. The van der Waals surface area contributed by atoms with E-state index in [1.807, 2.05) is 0 Å². The van der Waals surface area contributed by atoms with Gasteiger partial charge in [-0.2, -0.15) is 0 Å². The quantitative estimate of drug-likeness (QED) is 0.737. The van der Waals surface area contributed by atoms with Crippen molar-refractivity contribution >= 4 is 23.5 Å². The summed E-state index contributed by atoms with van der Waals surface area (Å²) in [6, 6.07) is 0. The highest BCUT2D eigenvalue weighted by Gasteiger charge is 2.57. The molecule has 7 heteroatoms. The molecule has 0 bridgehead atoms. The van der Waals surface area contributed by atoms with Crippen LogP contribution in [0.15, 0.2) is 11.3 Å². The minimum Gasteiger partial charge on any atom is -0.501 e. The Morgan fingerprint density at radius 3 is 2.25 bits per heavy atom. The first-order valence-corrected chi connectivity index (χ1v) is 6.00. The molecule has 1 N–H and O–H groups in total. The predicted octanol–water partition coefficient (Wildman–Crippen LogP) is 0.614. The van der Waals surface area contributed by atoms with Gasteiger partial charge in [-0.3, -0.25) is 9.59 Å². The van der Waals surface area contributed by atoms with E-state index in [9.17, 15) is 24.3 Å². The number of hydrogen-bond acceptors (Lipinski definition) is 7. The monoisotopic (exact) mass is 284 g/mol. The van der Waals surface area contributed by atoms with Crippen LogP contribution in [0.2, 0.25) is 0 Å². The number of esters is 2. The summed E-state index contributed by atoms with van der Waals surface area (Å²) in [5, 5.41) is 9.62. The lowest BCUT2D eigenvalue weighted by atomic mass is 9.86. The van der Waals surface area contributed by atoms with Crippen molar-refractivity contribution in [1.29, 1.82) is 0 Å². The third-order valence-electron chi connectivity index (χ3n) is 2.62. The third-order valence-corrected chi connectivity index (χ3v) is 2.62. The van der Waals surface area contributed by atoms with Gasteiger partial charge < -0.3 is 14.6 Å². The van der Waals surface area contributed by atoms with Gasteiger partial charge in [-0.05, 0) is 27.7 Å². The SMILES string of the molecule is CC(=O)CC1(C(=O)OC(C)C)OC(=O)C(O)=C1C(C)=O. The lowest BCUT2D eigenvalue weighted by molar-refractivity contribution is -0.177. The summed E-state index contributed by atoms with van der Waals surface area (Å²) in [5.74, 6) is -4.47. The van der Waals surface area contributed by atoms with Crippen molar-refractivity contribution in [1.82, 2.24) is 0 Å². The van der Waals surface area contributed by atoms with Crippen LogP contribution in [0, 0.1) is 0 Å². The number of ketones is 2. The van der Waals surface area contributed by atoms with Gasteiger partial charge in [0, 0.05) is 0 Å². The third kappa shape index (κ3) is 2.71. The van der Waals surface area contributed by atoms with E-state index < -0.39 is 53.0 Å². The summed E-state index contributed by atoms with van der Waals surface area (Å²) >= 11 is 0. The Kier molecular flexibility index (Phi) is 4.32. The van der Waals surface area contributed by atoms with Crippen molar-refractivity contribution in [2.45, 2.75) is 45.8 Å². The molecule has 0 amide bonds. The highest BCUT2D eigenvalue weighted by Crippen LogP contribution is 2.37. The molecule has 0 spiro atoms. The van der Waals surface area contributed by atoms with Gasteiger partial charge in [-0.15, -0.1) is 0 Å². The summed E-state index contributed by atoms with van der Waals surface area (Å²) in [4.78, 5) is 46.6. The van der Waals surface area contributed by atoms with E-state index in [4.69, 9.17) is 9.47 Å². The van der Waals surface area contributed by atoms with E-state index in [2.05, 4.69) is 0 Å². The van der Waals surface area contributed by atoms with Crippen LogP contribution < -0.4 is 0 Å². The number of cyclic esters (lactones) is 1. The fourth-order valence-electron chi connectivity index (χ4n) is 2.00. The van der Waals surface area contributed by atoms with Crippen LogP contribution >= 0.6 is 0 Å². The number of ether oxygens (including phenoxy) is 2. The van der Waals surface area contributed by atoms with E-state index in [0.717, 1.165) is 6.92 Å². The molecule has 0 saturated carbocycles. The fraction of sp³-hybridized carbons (Fsp3) is 0.538. The first-order valence-electron chi connectivity index (χ1n) is 6.00. The molecule has 1 heterocycles. The second kappa shape index (κ2) is 5.44. The number of rotatable bonds is 5. The maximum Gasteiger partial charge on any atom is 0.375 e. The van der Waals surface area contributed by atoms with E-state index in [1.54, 1.807) is 13.8 Å². The molecule has 0 radical (unpaired) electrons. The Bertz CT molecular complexity index is 515. The largest absolute Gasteiger partial charge is 0.501 e. The zero-order chi connectivity index (χ0) is 15.7. The molecule has 0 fully saturated rings. The number of carbonyl (C=O) groups excluding carboxylic acids is 4. The minimum atomic E-state index is -2.19. The lowest BCUT2D eigenvalue weighted by Crippen LogP contribution is -2.46. The molecular formula is C13H16O7. The average molecular weight is 284 g/mol. The molecule has 1 unspecified atom stereocenters. The minimum absolute atomic E-state index is 0.494. The van der Waals surface area contributed by atoms with Crippen molar-refractivity contribution in [3.8, 4) is 0 Å². The Hall–Kier alpha value is -2.18. The summed E-state index contributed by atoms with van der Waals surface area (Å²) in [6.45, 7) is 5.36. The van der Waals surface area contributed by atoms with Gasteiger partial charge in [0.1, 0.15) is 5.78 Å². The van der Waals surface area contributed by atoms with Crippen LogP contribution in [0.25, 0.3) is 0 Å². The van der Waals surface area contributed by atoms with Gasteiger partial charge in [0.2, 0.25) is 11.4 Å². The molecule has 1 aliphatic rings. The zero-order valence-electron chi connectivity index (χ0n) is 11.7. The summed E-state index contributed by atoms with van der Waals surface area (Å²) in [5.41, 5.74) is -2.73. The summed E-state index contributed by atoms with van der Waals surface area (Å²) in [7, 11) is 0. The van der Waals surface area contributed by atoms with Crippen LogP contribution in [0.5, 0.6) is 0 Å². The van der Waals surface area contributed by atoms with E-state index >= 15 is 0 Å². The van der Waals surface area contributed by atoms with Crippen LogP contribution in [-0.2, 0) is 28.7 Å². The second-order valence-corrected chi connectivity index (χ2v) is 4.83. The van der Waals surface area contributed by atoms with E-state index in [1.165, 1.54) is 6.92 Å². The second-order valence-electron chi connectivity index (χ2n) is 4.83. The molecule has 20 heavy (non-hydrogen) atoms. The van der Waals surface area contributed by atoms with Crippen LogP contribution in [0.3, 0.4) is 0 Å². The molecule has 1 rings (SSSR count). The first-order chi connectivity index (χ1) is 9.11. The fourth-order valence-corrected chi connectivity index (χ4v) is 2.00. The van der Waals surface area contributed by atoms with Gasteiger partial charge in [-0.1, -0.05) is 0 Å². The first kappa shape index (κ1) is 15.9. The van der Waals surface area contributed by atoms with Gasteiger partial charge in [0.15, 0.2) is 5.78 Å². The van der Waals surface area contributed by atoms with Gasteiger partial charge >= 0.3 is 11.9 Å². The average Bonchev–Trinajstić information content (AvgIpc) is 2.49. The Balaban J connectivity index is 3.39. The van der Waals surface area contributed by atoms with Crippen molar-refractivity contribution < 1.29 is 33.8 Å². The maximum absolute atomic E-state index is 12.2. The van der Waals surface area contributed by atoms with Gasteiger partial charge in [0.05, 0.1) is 18.1 Å². The lowest BCUT2D eigenvalue weighted by Gasteiger charge is -2.27. The molecule has 1 atom stereocenters. The van der Waals surface area contributed by atoms with Crippen molar-refractivity contribution in [3.05, 3.63) is 11.3 Å². The number of carbonyl (C=O) groups is 4. The number of Topliss-reactive ketones (excluding diaryl/α,β-unsaturated/α-hetero) is 2. The maximum atomic E-state index is 12.2. The van der Waals surface area contributed by atoms with Crippen LogP contribution in [0.1, 0.15) is 34.1 Å². The number of aliphatic hydroxyl groups excluding tert-OH is 1. The van der Waals surface area contributed by atoms with E-state index in [-0.39, 0.29) is 0 Å². The number of aliphatic hydroxyl groups is 1. The van der Waals surface area contributed by atoms with Crippen LogP contribution in [0.4, 0.5) is 0 Å². The molecule has 0 aromatic rings. The Morgan fingerprint density at radius 2 is 1.85 bits per heavy atom. The molecule has 0 aromatic carbocycles. The molecular weight excluding hydrogens is 268 g/mol. The van der Waals surface area contributed by atoms with Gasteiger partial charge in [0.25, 0.3) is 0 Å². The highest BCUT2D eigenvalue weighted by atomic mass is 16.6. The topological polar surface area (TPSA) is 107 Å². The summed E-state index contributed by atoms with van der Waals surface area (Å²) < 4.78 is 9.78. The Labute approximate surface area is 115 Å².